The van der Waals surface area contributed by atoms with Gasteiger partial charge in [0.15, 0.2) is 5.13 Å². The Morgan fingerprint density at radius 3 is 2.58 bits per heavy atom. The van der Waals surface area contributed by atoms with Gasteiger partial charge in [0.25, 0.3) is 0 Å². The lowest BCUT2D eigenvalue weighted by atomic mass is 9.43. The first kappa shape index (κ1) is 17.9. The molecule has 4 aliphatic rings. The van der Waals surface area contributed by atoms with Gasteiger partial charge in [0.1, 0.15) is 0 Å². The summed E-state index contributed by atoms with van der Waals surface area (Å²) in [4.78, 5) is 19.5. The third-order valence-corrected chi connectivity index (χ3v) is 11.3. The minimum Gasteiger partial charge on any atom is -0.301 e. The maximum atomic E-state index is 13.3. The van der Waals surface area contributed by atoms with E-state index in [1.807, 2.05) is 0 Å². The van der Waals surface area contributed by atoms with Crippen molar-refractivity contribution in [3.05, 3.63) is 10.6 Å². The number of amides is 1. The Morgan fingerprint density at radius 1 is 1.29 bits per heavy atom. The van der Waals surface area contributed by atoms with Gasteiger partial charge in [-0.25, -0.2) is 4.98 Å². The molecule has 1 aromatic heterocycles. The van der Waals surface area contributed by atoms with E-state index in [0.717, 1.165) is 30.8 Å². The lowest BCUT2D eigenvalue weighted by Gasteiger charge is -2.66. The minimum absolute atomic E-state index is 0.0620. The minimum atomic E-state index is -0.362. The van der Waals surface area contributed by atoms with Gasteiger partial charge >= 0.3 is 0 Å². The number of hydrogen-bond donors (Lipinski definition) is 1. The zero-order valence-corrected chi connectivity index (χ0v) is 19.4. The number of carbonyl (C=O) groups is 1. The third kappa shape index (κ3) is 1.99. The van der Waals surface area contributed by atoms with Gasteiger partial charge in [-0.05, 0) is 43.9 Å². The van der Waals surface area contributed by atoms with Crippen LogP contribution in [-0.4, -0.2) is 19.5 Å². The van der Waals surface area contributed by atoms with Crippen LogP contribution in [0.3, 0.4) is 0 Å². The van der Waals surface area contributed by atoms with Gasteiger partial charge < -0.3 is 5.32 Å². The quantitative estimate of drug-likeness (QED) is 0.504. The molecule has 3 fully saturated rings. The molecule has 1 heterocycles. The molecular formula is C17H21Br3N2OS. The first-order chi connectivity index (χ1) is 11.3. The number of nitrogens with one attached hydrogen (secondary N) is 1. The summed E-state index contributed by atoms with van der Waals surface area (Å²) in [6.07, 6.45) is 6.57. The standard InChI is InChI=1S/C17H21Br3N2OS/c1-15(2)16(12(19)20)7-8-17(15,11(16)18)13(23)22-14-21-9-5-3-4-6-10(9)24-14/h11-12H,3-8H2,1-2H3,(H,21,22,23)/t11-,16-,17-/m1/s1. The highest BCUT2D eigenvalue weighted by atomic mass is 79.9. The van der Waals surface area contributed by atoms with Gasteiger partial charge in [-0.15, -0.1) is 11.3 Å². The van der Waals surface area contributed by atoms with Gasteiger partial charge in [-0.1, -0.05) is 61.6 Å². The number of fused-ring (bicyclic) bond motifs is 2. The number of rotatable bonds is 3. The number of aromatic nitrogens is 1. The molecule has 132 valence electrons. The summed E-state index contributed by atoms with van der Waals surface area (Å²) in [6.45, 7) is 4.47. The van der Waals surface area contributed by atoms with Crippen LogP contribution < -0.4 is 5.32 Å². The van der Waals surface area contributed by atoms with Crippen molar-refractivity contribution < 1.29 is 4.79 Å². The number of thiazole rings is 1. The molecule has 4 aliphatic carbocycles. The topological polar surface area (TPSA) is 42.0 Å². The fourth-order valence-corrected chi connectivity index (χ4v) is 11.3. The predicted octanol–water partition coefficient (Wildman–Crippen LogP) is 5.65. The molecule has 0 radical (unpaired) electrons. The molecule has 0 aliphatic heterocycles. The maximum absolute atomic E-state index is 13.3. The number of alkyl halides is 3. The van der Waals surface area contributed by atoms with E-state index in [0.29, 0.717) is 0 Å². The van der Waals surface area contributed by atoms with E-state index in [1.165, 1.54) is 23.4 Å². The van der Waals surface area contributed by atoms with Gasteiger partial charge in [-0.3, -0.25) is 4.79 Å². The molecule has 0 aromatic carbocycles. The van der Waals surface area contributed by atoms with Crippen LogP contribution in [0.1, 0.15) is 50.1 Å². The van der Waals surface area contributed by atoms with Gasteiger partial charge in [0.2, 0.25) is 5.91 Å². The molecule has 0 saturated heterocycles. The summed E-state index contributed by atoms with van der Waals surface area (Å²) >= 11 is 13.0. The predicted molar refractivity (Wildman–Crippen MR) is 110 cm³/mol. The highest BCUT2D eigenvalue weighted by Crippen LogP contribution is 2.82. The highest BCUT2D eigenvalue weighted by molar-refractivity contribution is 9.24. The summed E-state index contributed by atoms with van der Waals surface area (Å²) in [5.41, 5.74) is 0.821. The zero-order chi connectivity index (χ0) is 17.3. The average molecular weight is 541 g/mol. The van der Waals surface area contributed by atoms with Crippen molar-refractivity contribution in [2.45, 2.75) is 60.9 Å². The van der Waals surface area contributed by atoms with Crippen molar-refractivity contribution in [3.63, 3.8) is 0 Å². The molecule has 0 unspecified atom stereocenters. The highest BCUT2D eigenvalue weighted by Gasteiger charge is 2.83. The number of nitrogens with zero attached hydrogens (tertiary/aromatic N) is 1. The molecule has 7 heteroatoms. The Labute approximate surface area is 172 Å². The van der Waals surface area contributed by atoms with Gasteiger partial charge in [-0.2, -0.15) is 0 Å². The van der Waals surface area contributed by atoms with Crippen molar-refractivity contribution >= 4 is 70.2 Å². The van der Waals surface area contributed by atoms with Crippen LogP contribution >= 0.6 is 59.1 Å². The van der Waals surface area contributed by atoms with Gasteiger partial charge in [0, 0.05) is 15.1 Å². The molecule has 24 heavy (non-hydrogen) atoms. The molecule has 1 N–H and O–H groups in total. The third-order valence-electron chi connectivity index (χ3n) is 6.96. The average Bonchev–Trinajstić information content (AvgIpc) is 3.14. The van der Waals surface area contributed by atoms with Crippen LogP contribution in [0.4, 0.5) is 5.13 Å². The SMILES string of the molecule is CC1(C)[C@]2(C(=O)Nc3nc4c(s3)CCCC4)CC[C@]1(C(Br)Br)[C@H]2Br. The summed E-state index contributed by atoms with van der Waals surface area (Å²) in [7, 11) is 0. The normalized spacial score (nSPS) is 36.3. The van der Waals surface area contributed by atoms with E-state index in [2.05, 4.69) is 71.9 Å². The largest absolute Gasteiger partial charge is 0.301 e. The summed E-state index contributed by atoms with van der Waals surface area (Å²) < 4.78 is 0.201. The smallest absolute Gasteiger partial charge is 0.234 e. The Balaban J connectivity index is 1.60. The van der Waals surface area contributed by atoms with E-state index in [1.54, 1.807) is 11.3 Å². The van der Waals surface area contributed by atoms with Crippen LogP contribution in [-0.2, 0) is 17.6 Å². The Morgan fingerprint density at radius 2 is 2.00 bits per heavy atom. The van der Waals surface area contributed by atoms with E-state index in [-0.39, 0.29) is 30.7 Å². The van der Waals surface area contributed by atoms with Crippen LogP contribution in [0.25, 0.3) is 0 Å². The van der Waals surface area contributed by atoms with Crippen molar-refractivity contribution in [1.29, 1.82) is 0 Å². The molecule has 3 nitrogen and oxygen atoms in total. The number of carbonyl (C=O) groups excluding carboxylic acids is 1. The summed E-state index contributed by atoms with van der Waals surface area (Å²) in [5, 5.41) is 3.96. The molecule has 3 atom stereocenters. The van der Waals surface area contributed by atoms with Crippen LogP contribution in [0, 0.1) is 16.2 Å². The molecular weight excluding hydrogens is 520 g/mol. The molecule has 1 amide bonds. The van der Waals surface area contributed by atoms with Gasteiger partial charge in [0.05, 0.1) is 14.8 Å². The van der Waals surface area contributed by atoms with E-state index in [4.69, 9.17) is 0 Å². The number of halogens is 3. The number of aryl methyl sites for hydroxylation is 2. The first-order valence-corrected chi connectivity index (χ1v) is 12.1. The lowest BCUT2D eigenvalue weighted by molar-refractivity contribution is -0.155. The summed E-state index contributed by atoms with van der Waals surface area (Å²) in [6, 6.07) is 0. The van der Waals surface area contributed by atoms with Crippen molar-refractivity contribution in [3.8, 4) is 0 Å². The molecule has 2 bridgehead atoms. The molecule has 0 spiro atoms. The number of hydrogen-bond acceptors (Lipinski definition) is 3. The second-order valence-corrected chi connectivity index (χ2v) is 12.9. The molecule has 1 aromatic rings. The van der Waals surface area contributed by atoms with Crippen LogP contribution in [0.2, 0.25) is 0 Å². The van der Waals surface area contributed by atoms with E-state index in [9.17, 15) is 4.79 Å². The van der Waals surface area contributed by atoms with Crippen LogP contribution in [0.5, 0.6) is 0 Å². The Kier molecular flexibility index (Phi) is 4.31. The van der Waals surface area contributed by atoms with Crippen LogP contribution in [0.15, 0.2) is 0 Å². The Hall–Kier alpha value is 0.540. The second kappa shape index (κ2) is 5.77. The zero-order valence-electron chi connectivity index (χ0n) is 13.8. The van der Waals surface area contributed by atoms with Crippen molar-refractivity contribution in [1.82, 2.24) is 4.98 Å². The monoisotopic (exact) mass is 538 g/mol. The van der Waals surface area contributed by atoms with Crippen molar-refractivity contribution in [2.24, 2.45) is 16.2 Å². The number of anilines is 1. The molecule has 5 rings (SSSR count). The fourth-order valence-electron chi connectivity index (χ4n) is 5.31. The fraction of sp³-hybridized carbons (Fsp3) is 0.765. The maximum Gasteiger partial charge on any atom is 0.234 e. The second-order valence-electron chi connectivity index (χ2n) is 7.85. The Bertz CT molecular complexity index is 681. The van der Waals surface area contributed by atoms with E-state index < -0.39 is 0 Å². The lowest BCUT2D eigenvalue weighted by Crippen LogP contribution is -2.71. The molecule has 3 saturated carbocycles. The first-order valence-electron chi connectivity index (χ1n) is 8.49. The van der Waals surface area contributed by atoms with E-state index >= 15 is 0 Å². The van der Waals surface area contributed by atoms with Crippen molar-refractivity contribution in [2.75, 3.05) is 5.32 Å². The summed E-state index contributed by atoms with van der Waals surface area (Å²) in [5.74, 6) is 0.134.